The summed E-state index contributed by atoms with van der Waals surface area (Å²) in [6.45, 7) is 1.84. The highest BCUT2D eigenvalue weighted by molar-refractivity contribution is 7.89. The van der Waals surface area contributed by atoms with E-state index in [2.05, 4.69) is 0 Å². The normalized spacial score (nSPS) is 19.0. The minimum absolute atomic E-state index is 0.0947. The number of sulfonamides is 1. The lowest BCUT2D eigenvalue weighted by molar-refractivity contribution is -0.124. The molecule has 5 rings (SSSR count). The Kier molecular flexibility index (Phi) is 5.18. The van der Waals surface area contributed by atoms with Crippen LogP contribution in [0.25, 0.3) is 11.1 Å². The monoisotopic (exact) mass is 488 g/mol. The molecule has 10 heteroatoms. The van der Waals surface area contributed by atoms with E-state index in [9.17, 15) is 26.4 Å². The van der Waals surface area contributed by atoms with Gasteiger partial charge in [-0.25, -0.2) is 26.7 Å². The Morgan fingerprint density at radius 3 is 2.53 bits per heavy atom. The molecule has 6 nitrogen and oxygen atoms in total. The molecule has 34 heavy (non-hydrogen) atoms. The van der Waals surface area contributed by atoms with Crippen molar-refractivity contribution >= 4 is 21.6 Å². The summed E-state index contributed by atoms with van der Waals surface area (Å²) in [6, 6.07) is 10.1. The number of amides is 1. The summed E-state index contributed by atoms with van der Waals surface area (Å²) >= 11 is 0. The number of nitrogens with zero attached hydrogens (tertiary/aromatic N) is 1. The molecule has 0 unspecified atom stereocenters. The lowest BCUT2D eigenvalue weighted by Crippen LogP contribution is -2.44. The van der Waals surface area contributed by atoms with E-state index in [1.54, 1.807) is 12.1 Å². The van der Waals surface area contributed by atoms with Crippen LogP contribution in [0.5, 0.6) is 5.75 Å². The van der Waals surface area contributed by atoms with Gasteiger partial charge < -0.3 is 9.64 Å². The van der Waals surface area contributed by atoms with E-state index < -0.39 is 33.6 Å². The minimum Gasteiger partial charge on any atom is -0.480 e. The molecule has 0 saturated carbocycles. The first-order valence-corrected chi connectivity index (χ1v) is 12.0. The Bertz CT molecular complexity index is 1460. The van der Waals surface area contributed by atoms with Crippen molar-refractivity contribution in [1.29, 1.82) is 0 Å². The van der Waals surface area contributed by atoms with Gasteiger partial charge in [-0.2, -0.15) is 0 Å². The van der Waals surface area contributed by atoms with Crippen molar-refractivity contribution in [2.45, 2.75) is 36.8 Å². The van der Waals surface area contributed by atoms with Gasteiger partial charge in [0, 0.05) is 29.8 Å². The molecule has 2 atom stereocenters. The van der Waals surface area contributed by atoms with Crippen LogP contribution in [-0.4, -0.2) is 26.5 Å². The quantitative estimate of drug-likeness (QED) is 0.570. The molecular formula is C24H19F3N2O4S. The Hall–Kier alpha value is -3.37. The maximum Gasteiger partial charge on any atom is 0.268 e. The molecule has 0 bridgehead atoms. The number of primary sulfonamides is 1. The summed E-state index contributed by atoms with van der Waals surface area (Å²) in [5.74, 6) is -3.32. The SMILES string of the molecule is C[C@@H]1Cc2ccc(S(N)(=O)=O)cc2N1C(=O)[C@H]1Cc2cc(-c3cc(F)cc(F)c3F)ccc2O1. The second-order valence-corrected chi connectivity index (χ2v) is 10.0. The molecule has 3 aromatic carbocycles. The predicted octanol–water partition coefficient (Wildman–Crippen LogP) is 3.70. The Morgan fingerprint density at radius 2 is 1.79 bits per heavy atom. The van der Waals surface area contributed by atoms with Gasteiger partial charge in [0.1, 0.15) is 11.6 Å². The number of anilines is 1. The Morgan fingerprint density at radius 1 is 1.03 bits per heavy atom. The smallest absolute Gasteiger partial charge is 0.268 e. The van der Waals surface area contributed by atoms with Gasteiger partial charge in [0.25, 0.3) is 5.91 Å². The summed E-state index contributed by atoms with van der Waals surface area (Å²) in [4.78, 5) is 14.8. The molecule has 0 aliphatic carbocycles. The highest BCUT2D eigenvalue weighted by Crippen LogP contribution is 2.38. The molecule has 1 amide bonds. The largest absolute Gasteiger partial charge is 0.480 e. The van der Waals surface area contributed by atoms with E-state index in [0.717, 1.165) is 11.6 Å². The molecule has 0 radical (unpaired) electrons. The molecule has 0 fully saturated rings. The van der Waals surface area contributed by atoms with E-state index in [0.29, 0.717) is 29.5 Å². The van der Waals surface area contributed by atoms with Crippen LogP contribution in [0.1, 0.15) is 18.1 Å². The average molecular weight is 488 g/mol. The lowest BCUT2D eigenvalue weighted by Gasteiger charge is -2.25. The van der Waals surface area contributed by atoms with Crippen molar-refractivity contribution in [3.8, 4) is 16.9 Å². The zero-order chi connectivity index (χ0) is 24.4. The second kappa shape index (κ2) is 7.85. The maximum atomic E-state index is 14.2. The van der Waals surface area contributed by atoms with Crippen molar-refractivity contribution in [2.24, 2.45) is 5.14 Å². The summed E-state index contributed by atoms with van der Waals surface area (Å²) < 4.78 is 71.0. The fourth-order valence-corrected chi connectivity index (χ4v) is 5.11. The van der Waals surface area contributed by atoms with E-state index in [1.807, 2.05) is 6.92 Å². The van der Waals surface area contributed by atoms with Crippen LogP contribution in [0.15, 0.2) is 53.4 Å². The number of rotatable bonds is 3. The van der Waals surface area contributed by atoms with Gasteiger partial charge in [-0.3, -0.25) is 4.79 Å². The molecule has 3 aromatic rings. The van der Waals surface area contributed by atoms with Crippen molar-refractivity contribution in [3.63, 3.8) is 0 Å². The molecule has 2 heterocycles. The predicted molar refractivity (Wildman–Crippen MR) is 118 cm³/mol. The van der Waals surface area contributed by atoms with Gasteiger partial charge in [-0.15, -0.1) is 0 Å². The van der Waals surface area contributed by atoms with Crippen LogP contribution < -0.4 is 14.8 Å². The third-order valence-corrected chi connectivity index (χ3v) is 7.06. The molecular weight excluding hydrogens is 469 g/mol. The summed E-state index contributed by atoms with van der Waals surface area (Å²) in [5.41, 5.74) is 1.89. The molecule has 0 aromatic heterocycles. The number of carbonyl (C=O) groups is 1. The average Bonchev–Trinajstić information content (AvgIpc) is 3.34. The van der Waals surface area contributed by atoms with Gasteiger partial charge >= 0.3 is 0 Å². The summed E-state index contributed by atoms with van der Waals surface area (Å²) in [6.07, 6.45) is -0.194. The molecule has 176 valence electrons. The number of hydrogen-bond acceptors (Lipinski definition) is 4. The van der Waals surface area contributed by atoms with E-state index >= 15 is 0 Å². The number of benzene rings is 3. The fraction of sp³-hybridized carbons (Fsp3) is 0.208. The van der Waals surface area contributed by atoms with Gasteiger partial charge in [-0.1, -0.05) is 12.1 Å². The van der Waals surface area contributed by atoms with Crippen LogP contribution in [0.2, 0.25) is 0 Å². The van der Waals surface area contributed by atoms with Crippen LogP contribution in [-0.2, 0) is 27.7 Å². The Balaban J connectivity index is 1.44. The fourth-order valence-electron chi connectivity index (χ4n) is 4.58. The van der Waals surface area contributed by atoms with Gasteiger partial charge in [0.15, 0.2) is 17.7 Å². The third-order valence-electron chi connectivity index (χ3n) is 6.15. The van der Waals surface area contributed by atoms with Crippen molar-refractivity contribution < 1.29 is 31.1 Å². The summed E-state index contributed by atoms with van der Waals surface area (Å²) in [5, 5.41) is 5.25. The Labute approximate surface area is 193 Å². The molecule has 2 N–H and O–H groups in total. The topological polar surface area (TPSA) is 89.7 Å². The van der Waals surface area contributed by atoms with Crippen molar-refractivity contribution in [3.05, 3.63) is 77.1 Å². The highest BCUT2D eigenvalue weighted by Gasteiger charge is 2.39. The number of ether oxygens (including phenoxy) is 1. The van der Waals surface area contributed by atoms with Crippen LogP contribution in [0.4, 0.5) is 18.9 Å². The van der Waals surface area contributed by atoms with Crippen LogP contribution in [0, 0.1) is 17.5 Å². The van der Waals surface area contributed by atoms with E-state index in [4.69, 9.17) is 9.88 Å². The van der Waals surface area contributed by atoms with E-state index in [1.165, 1.54) is 29.2 Å². The number of nitrogens with two attached hydrogens (primary N) is 1. The second-order valence-electron chi connectivity index (χ2n) is 8.48. The van der Waals surface area contributed by atoms with Gasteiger partial charge in [-0.05, 0) is 60.4 Å². The molecule has 2 aliphatic heterocycles. The van der Waals surface area contributed by atoms with Crippen LogP contribution in [0.3, 0.4) is 0 Å². The lowest BCUT2D eigenvalue weighted by atomic mass is 10.00. The number of hydrogen-bond donors (Lipinski definition) is 1. The van der Waals surface area contributed by atoms with Crippen molar-refractivity contribution in [1.82, 2.24) is 0 Å². The van der Waals surface area contributed by atoms with Gasteiger partial charge in [0.05, 0.1) is 4.90 Å². The highest BCUT2D eigenvalue weighted by atomic mass is 32.2. The summed E-state index contributed by atoms with van der Waals surface area (Å²) in [7, 11) is -3.95. The molecule has 2 aliphatic rings. The minimum atomic E-state index is -3.95. The molecule has 0 saturated heterocycles. The first-order valence-electron chi connectivity index (χ1n) is 10.5. The number of carbonyl (C=O) groups excluding carboxylic acids is 1. The first kappa shape index (κ1) is 22.4. The number of halogens is 3. The zero-order valence-corrected chi connectivity index (χ0v) is 18.7. The standard InChI is InChI=1S/C24H19F3N2O4S/c1-12-6-14-2-4-17(34(28,31)32)11-20(14)29(12)24(30)22-8-15-7-13(3-5-21(15)33-22)18-9-16(25)10-19(26)23(18)27/h2-5,7,9-12,22H,6,8H2,1H3,(H2,28,31,32)/t12-,22-/m1/s1. The molecule has 0 spiro atoms. The van der Waals surface area contributed by atoms with Crippen molar-refractivity contribution in [2.75, 3.05) is 4.90 Å². The number of fused-ring (bicyclic) bond motifs is 2. The third kappa shape index (κ3) is 3.72. The maximum absolute atomic E-state index is 14.2. The first-order chi connectivity index (χ1) is 16.0. The van der Waals surface area contributed by atoms with E-state index in [-0.39, 0.29) is 34.4 Å². The van der Waals surface area contributed by atoms with Gasteiger partial charge in [0.2, 0.25) is 10.0 Å². The van der Waals surface area contributed by atoms with Crippen LogP contribution >= 0.6 is 0 Å². The zero-order valence-electron chi connectivity index (χ0n) is 17.9.